The molecule has 4 N–H and O–H groups in total. The van der Waals surface area contributed by atoms with E-state index in [0.29, 0.717) is 12.8 Å². The standard InChI is InChI=1S/C24H38O8/c1-2-3-5-10-18(15-25)13-14-30-24-23(29)22(28)21(27)19(32-24)16-31-20(26)12-11-17-8-6-4-7-9-17/h4,6-9,18-19,21-25,27-29H,2-3,5,10-16H2,1H3/t18?,19-,21+,22+,23-,24+/m1/s1. The fourth-order valence-corrected chi connectivity index (χ4v) is 3.69. The minimum absolute atomic E-state index is 0.0596. The summed E-state index contributed by atoms with van der Waals surface area (Å²) in [6.45, 7) is 2.15. The van der Waals surface area contributed by atoms with Gasteiger partial charge in [0.25, 0.3) is 0 Å². The largest absolute Gasteiger partial charge is 0.463 e. The normalized spacial score (nSPS) is 26.6. The second-order valence-corrected chi connectivity index (χ2v) is 8.39. The van der Waals surface area contributed by atoms with Crippen LogP contribution in [0.4, 0.5) is 0 Å². The van der Waals surface area contributed by atoms with E-state index < -0.39 is 36.7 Å². The Labute approximate surface area is 190 Å². The van der Waals surface area contributed by atoms with Gasteiger partial charge in [-0.2, -0.15) is 0 Å². The van der Waals surface area contributed by atoms with Gasteiger partial charge in [-0.15, -0.1) is 0 Å². The Bertz CT molecular complexity index is 640. The van der Waals surface area contributed by atoms with E-state index >= 15 is 0 Å². The van der Waals surface area contributed by atoms with Crippen LogP contribution in [-0.4, -0.2) is 76.9 Å². The maximum atomic E-state index is 12.1. The van der Waals surface area contributed by atoms with Gasteiger partial charge in [-0.3, -0.25) is 4.79 Å². The summed E-state index contributed by atoms with van der Waals surface area (Å²) < 4.78 is 16.4. The number of unbranched alkanes of at least 4 members (excludes halogenated alkanes) is 2. The molecule has 8 nitrogen and oxygen atoms in total. The van der Waals surface area contributed by atoms with Gasteiger partial charge in [-0.05, 0) is 30.7 Å². The van der Waals surface area contributed by atoms with Crippen LogP contribution in [0.5, 0.6) is 0 Å². The number of esters is 1. The predicted molar refractivity (Wildman–Crippen MR) is 118 cm³/mol. The van der Waals surface area contributed by atoms with Crippen molar-refractivity contribution in [1.29, 1.82) is 0 Å². The molecule has 1 heterocycles. The zero-order chi connectivity index (χ0) is 23.3. The number of carbonyl (C=O) groups excluding carboxylic acids is 1. The molecule has 1 aliphatic heterocycles. The van der Waals surface area contributed by atoms with E-state index in [1.165, 1.54) is 0 Å². The molecule has 6 atom stereocenters. The summed E-state index contributed by atoms with van der Waals surface area (Å²) in [5, 5.41) is 40.1. The highest BCUT2D eigenvalue weighted by Crippen LogP contribution is 2.23. The molecule has 1 fully saturated rings. The van der Waals surface area contributed by atoms with Crippen LogP contribution in [0.15, 0.2) is 30.3 Å². The zero-order valence-electron chi connectivity index (χ0n) is 18.8. The molecular weight excluding hydrogens is 416 g/mol. The van der Waals surface area contributed by atoms with Crippen molar-refractivity contribution < 1.29 is 39.4 Å². The summed E-state index contributed by atoms with van der Waals surface area (Å²) in [4.78, 5) is 12.1. The molecule has 0 radical (unpaired) electrons. The molecule has 0 aromatic heterocycles. The Morgan fingerprint density at radius 1 is 1.06 bits per heavy atom. The second kappa shape index (κ2) is 14.6. The van der Waals surface area contributed by atoms with Gasteiger partial charge < -0.3 is 34.6 Å². The van der Waals surface area contributed by atoms with Crippen molar-refractivity contribution in [2.45, 2.75) is 82.6 Å². The van der Waals surface area contributed by atoms with Crippen LogP contribution < -0.4 is 0 Å². The molecule has 1 aromatic carbocycles. The topological polar surface area (TPSA) is 126 Å². The molecular formula is C24H38O8. The van der Waals surface area contributed by atoms with Crippen LogP contribution in [-0.2, 0) is 25.4 Å². The first-order chi connectivity index (χ1) is 15.5. The molecule has 0 saturated carbocycles. The van der Waals surface area contributed by atoms with Gasteiger partial charge >= 0.3 is 5.97 Å². The van der Waals surface area contributed by atoms with Crippen LogP contribution in [0.2, 0.25) is 0 Å². The van der Waals surface area contributed by atoms with Crippen LogP contribution in [0.1, 0.15) is 51.0 Å². The van der Waals surface area contributed by atoms with Crippen molar-refractivity contribution in [3.05, 3.63) is 35.9 Å². The Morgan fingerprint density at radius 3 is 2.50 bits per heavy atom. The minimum atomic E-state index is -1.49. The first kappa shape index (κ1) is 26.7. The number of aryl methyl sites for hydroxylation is 1. The number of hydrogen-bond donors (Lipinski definition) is 4. The SMILES string of the molecule is CCCCCC(CO)CCO[C@H]1O[C@H](COC(=O)CCc2ccccc2)[C@H](O)[C@H](O)[C@H]1O. The molecule has 182 valence electrons. The fraction of sp³-hybridized carbons (Fsp3) is 0.708. The first-order valence-corrected chi connectivity index (χ1v) is 11.6. The Morgan fingerprint density at radius 2 is 1.81 bits per heavy atom. The lowest BCUT2D eigenvalue weighted by molar-refractivity contribution is -0.302. The number of ether oxygens (including phenoxy) is 3. The quantitative estimate of drug-likeness (QED) is 0.247. The molecule has 1 aromatic rings. The molecule has 2 rings (SSSR count). The van der Waals surface area contributed by atoms with Crippen molar-refractivity contribution in [2.24, 2.45) is 5.92 Å². The zero-order valence-corrected chi connectivity index (χ0v) is 18.8. The maximum Gasteiger partial charge on any atom is 0.306 e. The highest BCUT2D eigenvalue weighted by atomic mass is 16.7. The molecule has 8 heteroatoms. The van der Waals surface area contributed by atoms with E-state index in [0.717, 1.165) is 31.2 Å². The first-order valence-electron chi connectivity index (χ1n) is 11.6. The molecule has 32 heavy (non-hydrogen) atoms. The summed E-state index contributed by atoms with van der Waals surface area (Å²) >= 11 is 0. The van der Waals surface area contributed by atoms with Crippen molar-refractivity contribution in [2.75, 3.05) is 19.8 Å². The van der Waals surface area contributed by atoms with Gasteiger partial charge in [-0.25, -0.2) is 0 Å². The van der Waals surface area contributed by atoms with E-state index in [1.807, 2.05) is 30.3 Å². The summed E-state index contributed by atoms with van der Waals surface area (Å²) in [6, 6.07) is 9.54. The van der Waals surface area contributed by atoms with Gasteiger partial charge in [0.2, 0.25) is 0 Å². The number of aliphatic hydroxyl groups excluding tert-OH is 4. The molecule has 0 amide bonds. The third kappa shape index (κ3) is 8.77. The molecule has 0 bridgehead atoms. The monoisotopic (exact) mass is 454 g/mol. The number of rotatable bonds is 14. The fourth-order valence-electron chi connectivity index (χ4n) is 3.69. The van der Waals surface area contributed by atoms with Crippen molar-refractivity contribution in [1.82, 2.24) is 0 Å². The number of carbonyl (C=O) groups is 1. The Balaban J connectivity index is 1.77. The second-order valence-electron chi connectivity index (χ2n) is 8.39. The van der Waals surface area contributed by atoms with Gasteiger partial charge in [0, 0.05) is 13.0 Å². The third-order valence-electron chi connectivity index (χ3n) is 5.82. The Hall–Kier alpha value is -1.55. The number of hydrogen-bond acceptors (Lipinski definition) is 8. The average Bonchev–Trinajstić information content (AvgIpc) is 2.81. The number of aliphatic hydroxyl groups is 4. The highest BCUT2D eigenvalue weighted by Gasteiger charge is 2.44. The van der Waals surface area contributed by atoms with Gasteiger partial charge in [0.15, 0.2) is 6.29 Å². The maximum absolute atomic E-state index is 12.1. The van der Waals surface area contributed by atoms with Crippen LogP contribution in [0, 0.1) is 5.92 Å². The lowest BCUT2D eigenvalue weighted by Gasteiger charge is -2.40. The third-order valence-corrected chi connectivity index (χ3v) is 5.82. The van der Waals surface area contributed by atoms with Gasteiger partial charge in [-0.1, -0.05) is 56.5 Å². The van der Waals surface area contributed by atoms with E-state index in [2.05, 4.69) is 6.92 Å². The summed E-state index contributed by atoms with van der Waals surface area (Å²) in [5.74, 6) is -0.347. The molecule has 0 aliphatic carbocycles. The van der Waals surface area contributed by atoms with Gasteiger partial charge in [0.1, 0.15) is 31.0 Å². The molecule has 1 aliphatic rings. The van der Waals surface area contributed by atoms with Crippen molar-refractivity contribution in [3.8, 4) is 0 Å². The minimum Gasteiger partial charge on any atom is -0.463 e. The van der Waals surface area contributed by atoms with Crippen molar-refractivity contribution >= 4 is 5.97 Å². The van der Waals surface area contributed by atoms with E-state index in [1.54, 1.807) is 0 Å². The van der Waals surface area contributed by atoms with E-state index in [4.69, 9.17) is 14.2 Å². The average molecular weight is 455 g/mol. The summed E-state index contributed by atoms with van der Waals surface area (Å²) in [7, 11) is 0. The Kier molecular flexibility index (Phi) is 12.2. The van der Waals surface area contributed by atoms with Gasteiger partial charge in [0.05, 0.1) is 6.61 Å². The van der Waals surface area contributed by atoms with Crippen LogP contribution in [0.3, 0.4) is 0 Å². The smallest absolute Gasteiger partial charge is 0.306 e. The predicted octanol–water partition coefficient (Wildman–Crippen LogP) is 1.57. The van der Waals surface area contributed by atoms with Crippen LogP contribution >= 0.6 is 0 Å². The molecule has 1 saturated heterocycles. The number of benzene rings is 1. The summed E-state index contributed by atoms with van der Waals surface area (Å²) in [6.07, 6.45) is -1.05. The highest BCUT2D eigenvalue weighted by molar-refractivity contribution is 5.69. The lowest BCUT2D eigenvalue weighted by Crippen LogP contribution is -2.59. The van der Waals surface area contributed by atoms with E-state index in [9.17, 15) is 25.2 Å². The van der Waals surface area contributed by atoms with E-state index in [-0.39, 0.29) is 32.2 Å². The lowest BCUT2D eigenvalue weighted by atomic mass is 9.98. The van der Waals surface area contributed by atoms with Crippen molar-refractivity contribution in [3.63, 3.8) is 0 Å². The molecule has 0 spiro atoms. The molecule has 1 unspecified atom stereocenters. The van der Waals surface area contributed by atoms with Crippen LogP contribution in [0.25, 0.3) is 0 Å². The summed E-state index contributed by atoms with van der Waals surface area (Å²) in [5.41, 5.74) is 1.02.